The van der Waals surface area contributed by atoms with Crippen molar-refractivity contribution in [2.45, 2.75) is 34.5 Å². The standard InChI is InChI=1S/C18H21NO6S2/c1-3-14-9-10-16(26(21,22)15-7-5-4-6-8-15)13-17(14)27(23,24)19-12-11-18(20)25-2/h4-10,13,19H,3,11-12H2,1-2H3. The monoisotopic (exact) mass is 411 g/mol. The number of ether oxygens (including phenoxy) is 1. The fourth-order valence-corrected chi connectivity index (χ4v) is 5.20. The summed E-state index contributed by atoms with van der Waals surface area (Å²) in [5, 5.41) is 0. The van der Waals surface area contributed by atoms with Crippen LogP contribution in [0.15, 0.2) is 63.2 Å². The zero-order valence-electron chi connectivity index (χ0n) is 15.0. The van der Waals surface area contributed by atoms with E-state index in [4.69, 9.17) is 0 Å². The molecule has 2 aromatic rings. The van der Waals surface area contributed by atoms with Gasteiger partial charge in [-0.1, -0.05) is 31.2 Å². The third-order valence-corrected chi connectivity index (χ3v) is 7.23. The predicted molar refractivity (Wildman–Crippen MR) is 99.5 cm³/mol. The van der Waals surface area contributed by atoms with E-state index < -0.39 is 25.8 Å². The minimum atomic E-state index is -3.99. The van der Waals surface area contributed by atoms with Crippen molar-refractivity contribution in [3.8, 4) is 0 Å². The van der Waals surface area contributed by atoms with Crippen LogP contribution in [0.25, 0.3) is 0 Å². The van der Waals surface area contributed by atoms with Gasteiger partial charge >= 0.3 is 5.97 Å². The molecule has 0 saturated heterocycles. The van der Waals surface area contributed by atoms with Crippen molar-refractivity contribution in [1.82, 2.24) is 4.72 Å². The summed E-state index contributed by atoms with van der Waals surface area (Å²) >= 11 is 0. The van der Waals surface area contributed by atoms with E-state index in [0.29, 0.717) is 12.0 Å². The first-order valence-corrected chi connectivity index (χ1v) is 11.2. The number of rotatable bonds is 8. The second kappa shape index (κ2) is 8.64. The van der Waals surface area contributed by atoms with Crippen LogP contribution in [-0.2, 0) is 35.8 Å². The Bertz CT molecular complexity index is 1020. The molecule has 7 nitrogen and oxygen atoms in total. The number of benzene rings is 2. The van der Waals surface area contributed by atoms with Gasteiger partial charge in [-0.2, -0.15) is 0 Å². The summed E-state index contributed by atoms with van der Waals surface area (Å²) in [6, 6.07) is 11.8. The molecule has 0 aromatic heterocycles. The molecule has 2 aromatic carbocycles. The van der Waals surface area contributed by atoms with Crippen LogP contribution in [0.3, 0.4) is 0 Å². The summed E-state index contributed by atoms with van der Waals surface area (Å²) in [4.78, 5) is 11.0. The van der Waals surface area contributed by atoms with E-state index in [1.165, 1.54) is 31.4 Å². The lowest BCUT2D eigenvalue weighted by Crippen LogP contribution is -2.27. The quantitative estimate of drug-likeness (QED) is 0.665. The molecule has 0 fully saturated rings. The Morgan fingerprint density at radius 2 is 1.67 bits per heavy atom. The van der Waals surface area contributed by atoms with E-state index in [2.05, 4.69) is 9.46 Å². The number of carbonyl (C=O) groups is 1. The average Bonchev–Trinajstić information content (AvgIpc) is 2.67. The summed E-state index contributed by atoms with van der Waals surface area (Å²) in [6.07, 6.45) is 0.276. The van der Waals surface area contributed by atoms with Crippen molar-refractivity contribution in [2.75, 3.05) is 13.7 Å². The third-order valence-electron chi connectivity index (χ3n) is 3.92. The van der Waals surface area contributed by atoms with Crippen molar-refractivity contribution in [3.63, 3.8) is 0 Å². The maximum atomic E-state index is 12.8. The first-order valence-electron chi connectivity index (χ1n) is 8.22. The summed E-state index contributed by atoms with van der Waals surface area (Å²) in [5.74, 6) is -0.547. The molecule has 27 heavy (non-hydrogen) atoms. The molecule has 0 atom stereocenters. The zero-order chi connectivity index (χ0) is 20.1. The highest BCUT2D eigenvalue weighted by atomic mass is 32.2. The van der Waals surface area contributed by atoms with E-state index in [0.717, 1.165) is 6.07 Å². The van der Waals surface area contributed by atoms with Gasteiger partial charge < -0.3 is 4.74 Å². The van der Waals surface area contributed by atoms with Crippen LogP contribution in [0.4, 0.5) is 0 Å². The molecule has 9 heteroatoms. The molecular weight excluding hydrogens is 390 g/mol. The molecule has 1 N–H and O–H groups in total. The largest absolute Gasteiger partial charge is 0.469 e. The lowest BCUT2D eigenvalue weighted by molar-refractivity contribution is -0.140. The molecule has 2 rings (SSSR count). The first-order chi connectivity index (χ1) is 12.7. The van der Waals surface area contributed by atoms with Crippen LogP contribution in [0.1, 0.15) is 18.9 Å². The van der Waals surface area contributed by atoms with Crippen molar-refractivity contribution >= 4 is 25.8 Å². The van der Waals surface area contributed by atoms with Crippen LogP contribution < -0.4 is 4.72 Å². The molecule has 0 spiro atoms. The van der Waals surface area contributed by atoms with Gasteiger partial charge in [-0.15, -0.1) is 0 Å². The lowest BCUT2D eigenvalue weighted by Gasteiger charge is -2.13. The number of aryl methyl sites for hydroxylation is 1. The van der Waals surface area contributed by atoms with Crippen molar-refractivity contribution in [1.29, 1.82) is 0 Å². The maximum Gasteiger partial charge on any atom is 0.306 e. The summed E-state index contributed by atoms with van der Waals surface area (Å²) in [5.41, 5.74) is 0.479. The maximum absolute atomic E-state index is 12.8. The molecule has 0 radical (unpaired) electrons. The Morgan fingerprint density at radius 3 is 2.26 bits per heavy atom. The Balaban J connectivity index is 2.42. The molecule has 0 heterocycles. The van der Waals surface area contributed by atoms with Gasteiger partial charge in [0.2, 0.25) is 19.9 Å². The Morgan fingerprint density at radius 1 is 1.00 bits per heavy atom. The third kappa shape index (κ3) is 4.94. The average molecular weight is 412 g/mol. The fraction of sp³-hybridized carbons (Fsp3) is 0.278. The predicted octanol–water partition coefficient (Wildman–Crippen LogP) is 1.92. The molecule has 0 aliphatic heterocycles. The molecule has 0 aliphatic rings. The zero-order valence-corrected chi connectivity index (χ0v) is 16.6. The van der Waals surface area contributed by atoms with Gasteiger partial charge in [-0.05, 0) is 36.2 Å². The minimum absolute atomic E-state index is 0.0799. The van der Waals surface area contributed by atoms with Crippen LogP contribution in [0, 0.1) is 0 Å². The number of sulfone groups is 1. The van der Waals surface area contributed by atoms with E-state index in [-0.39, 0.29) is 27.7 Å². The van der Waals surface area contributed by atoms with Crippen molar-refractivity contribution < 1.29 is 26.4 Å². The van der Waals surface area contributed by atoms with Crippen LogP contribution in [0.5, 0.6) is 0 Å². The van der Waals surface area contributed by atoms with Crippen LogP contribution >= 0.6 is 0 Å². The van der Waals surface area contributed by atoms with E-state index in [1.54, 1.807) is 25.1 Å². The molecule has 0 amide bonds. The smallest absolute Gasteiger partial charge is 0.306 e. The molecule has 0 unspecified atom stereocenters. The number of sulfonamides is 1. The van der Waals surface area contributed by atoms with Crippen LogP contribution in [0.2, 0.25) is 0 Å². The second-order valence-corrected chi connectivity index (χ2v) is 9.35. The summed E-state index contributed by atoms with van der Waals surface area (Å²) < 4.78 is 57.6. The molecule has 0 aliphatic carbocycles. The molecule has 0 saturated carbocycles. The summed E-state index contributed by atoms with van der Waals surface area (Å²) in [7, 11) is -6.63. The van der Waals surface area contributed by atoms with Gasteiger partial charge in [0.25, 0.3) is 0 Å². The van der Waals surface area contributed by atoms with Crippen LogP contribution in [-0.4, -0.2) is 36.5 Å². The number of hydrogen-bond donors (Lipinski definition) is 1. The topological polar surface area (TPSA) is 107 Å². The number of nitrogens with one attached hydrogen (secondary N) is 1. The van der Waals surface area contributed by atoms with Gasteiger partial charge in [-0.25, -0.2) is 21.6 Å². The Kier molecular flexibility index (Phi) is 6.74. The number of carbonyl (C=O) groups excluding carboxylic acids is 1. The van der Waals surface area contributed by atoms with Crippen molar-refractivity contribution in [2.24, 2.45) is 0 Å². The minimum Gasteiger partial charge on any atom is -0.469 e. The van der Waals surface area contributed by atoms with Gasteiger partial charge in [0.05, 0.1) is 28.2 Å². The second-order valence-electron chi connectivity index (χ2n) is 5.66. The van der Waals surface area contributed by atoms with Gasteiger partial charge in [0, 0.05) is 6.54 Å². The van der Waals surface area contributed by atoms with E-state index >= 15 is 0 Å². The number of hydrogen-bond acceptors (Lipinski definition) is 6. The molecule has 0 bridgehead atoms. The normalized spacial score (nSPS) is 11.9. The highest BCUT2D eigenvalue weighted by Gasteiger charge is 2.24. The first kappa shape index (κ1) is 21.1. The van der Waals surface area contributed by atoms with E-state index in [1.807, 2.05) is 0 Å². The SMILES string of the molecule is CCc1ccc(S(=O)(=O)c2ccccc2)cc1S(=O)(=O)NCCC(=O)OC. The lowest BCUT2D eigenvalue weighted by atomic mass is 10.2. The van der Waals surface area contributed by atoms with E-state index in [9.17, 15) is 21.6 Å². The molecule has 146 valence electrons. The van der Waals surface area contributed by atoms with Gasteiger partial charge in [0.15, 0.2) is 0 Å². The van der Waals surface area contributed by atoms with Gasteiger partial charge in [0.1, 0.15) is 0 Å². The summed E-state index contributed by atoms with van der Waals surface area (Å²) in [6.45, 7) is 1.63. The number of methoxy groups -OCH3 is 1. The number of esters is 1. The Hall–Kier alpha value is -2.23. The van der Waals surface area contributed by atoms with Crippen molar-refractivity contribution in [3.05, 3.63) is 54.1 Å². The fourth-order valence-electron chi connectivity index (χ4n) is 2.45. The highest BCUT2D eigenvalue weighted by molar-refractivity contribution is 7.91. The Labute approximate surface area is 159 Å². The molecular formula is C18H21NO6S2. The highest BCUT2D eigenvalue weighted by Crippen LogP contribution is 2.26. The van der Waals surface area contributed by atoms with Gasteiger partial charge in [-0.3, -0.25) is 4.79 Å².